The monoisotopic (exact) mass is 276 g/mol. The lowest BCUT2D eigenvalue weighted by atomic mass is 10.1. The molecule has 19 heavy (non-hydrogen) atoms. The average Bonchev–Trinajstić information content (AvgIpc) is 2.45. The van der Waals surface area contributed by atoms with Gasteiger partial charge in [0.1, 0.15) is 0 Å². The summed E-state index contributed by atoms with van der Waals surface area (Å²) in [6.07, 6.45) is 10.8. The summed E-state index contributed by atoms with van der Waals surface area (Å²) in [5, 5.41) is 0. The van der Waals surface area contributed by atoms with Crippen molar-refractivity contribution >= 4 is 0 Å². The molecule has 0 aromatic rings. The molecule has 0 aromatic heterocycles. The van der Waals surface area contributed by atoms with Crippen LogP contribution in [-0.4, -0.2) is 41.0 Å². The molecule has 4 nitrogen and oxygen atoms in total. The molecular formula is C15H32O4. The first kappa shape index (κ1) is 18.8. The van der Waals surface area contributed by atoms with Gasteiger partial charge in [-0.25, -0.2) is 0 Å². The lowest BCUT2D eigenvalue weighted by Gasteiger charge is -2.13. The second kappa shape index (κ2) is 14.3. The van der Waals surface area contributed by atoms with Gasteiger partial charge >= 0.3 is 0 Å². The van der Waals surface area contributed by atoms with E-state index in [1.54, 1.807) is 28.4 Å². The molecule has 0 bridgehead atoms. The van der Waals surface area contributed by atoms with Gasteiger partial charge in [-0.05, 0) is 25.7 Å². The second-order valence-corrected chi connectivity index (χ2v) is 4.85. The molecule has 0 N–H and O–H groups in total. The van der Waals surface area contributed by atoms with Crippen molar-refractivity contribution in [2.75, 3.05) is 28.4 Å². The predicted molar refractivity (Wildman–Crippen MR) is 77.2 cm³/mol. The van der Waals surface area contributed by atoms with Gasteiger partial charge in [0.15, 0.2) is 12.6 Å². The Balaban J connectivity index is 3.19. The van der Waals surface area contributed by atoms with Crippen LogP contribution >= 0.6 is 0 Å². The van der Waals surface area contributed by atoms with Crippen LogP contribution in [0.5, 0.6) is 0 Å². The molecule has 0 atom stereocenters. The van der Waals surface area contributed by atoms with Crippen LogP contribution in [0, 0.1) is 0 Å². The first-order valence-corrected chi connectivity index (χ1v) is 7.39. The topological polar surface area (TPSA) is 36.9 Å². The van der Waals surface area contributed by atoms with Gasteiger partial charge in [-0.3, -0.25) is 0 Å². The molecule has 4 heteroatoms. The third-order valence-corrected chi connectivity index (χ3v) is 3.43. The van der Waals surface area contributed by atoms with Crippen LogP contribution in [-0.2, 0) is 18.9 Å². The predicted octanol–water partition coefficient (Wildman–Crippen LogP) is 3.74. The molecule has 0 saturated carbocycles. The fourth-order valence-corrected chi connectivity index (χ4v) is 2.17. The zero-order valence-corrected chi connectivity index (χ0v) is 13.2. The van der Waals surface area contributed by atoms with Crippen LogP contribution in [0.25, 0.3) is 0 Å². The smallest absolute Gasteiger partial charge is 0.156 e. The number of hydrogen-bond donors (Lipinski definition) is 0. The van der Waals surface area contributed by atoms with Gasteiger partial charge in [-0.1, -0.05) is 32.1 Å². The number of rotatable bonds is 14. The number of unbranched alkanes of at least 4 members (excludes halogenated alkanes) is 6. The third kappa shape index (κ3) is 11.4. The van der Waals surface area contributed by atoms with E-state index in [1.807, 2.05) is 0 Å². The molecule has 0 amide bonds. The molecule has 0 heterocycles. The van der Waals surface area contributed by atoms with Crippen LogP contribution in [0.4, 0.5) is 0 Å². The van der Waals surface area contributed by atoms with Crippen molar-refractivity contribution in [3.05, 3.63) is 0 Å². The molecule has 0 aliphatic carbocycles. The quantitative estimate of drug-likeness (QED) is 0.358. The fourth-order valence-electron chi connectivity index (χ4n) is 2.17. The van der Waals surface area contributed by atoms with Gasteiger partial charge in [0.25, 0.3) is 0 Å². The molecule has 0 unspecified atom stereocenters. The van der Waals surface area contributed by atoms with E-state index in [2.05, 4.69) is 0 Å². The van der Waals surface area contributed by atoms with Gasteiger partial charge in [-0.2, -0.15) is 0 Å². The lowest BCUT2D eigenvalue weighted by molar-refractivity contribution is -0.107. The lowest BCUT2D eigenvalue weighted by Crippen LogP contribution is -2.12. The van der Waals surface area contributed by atoms with Crippen molar-refractivity contribution in [1.82, 2.24) is 0 Å². The van der Waals surface area contributed by atoms with Crippen molar-refractivity contribution in [2.24, 2.45) is 0 Å². The Morgan fingerprint density at radius 3 is 1.00 bits per heavy atom. The van der Waals surface area contributed by atoms with Gasteiger partial charge < -0.3 is 18.9 Å². The molecular weight excluding hydrogens is 244 g/mol. The first-order valence-electron chi connectivity index (χ1n) is 7.39. The highest BCUT2D eigenvalue weighted by atomic mass is 16.7. The van der Waals surface area contributed by atoms with Gasteiger partial charge in [0, 0.05) is 28.4 Å². The SMILES string of the molecule is COC(CCCCCCCCCC(OC)OC)OC. The summed E-state index contributed by atoms with van der Waals surface area (Å²) in [5.74, 6) is 0. The maximum absolute atomic E-state index is 5.16. The summed E-state index contributed by atoms with van der Waals surface area (Å²) in [6, 6.07) is 0. The minimum absolute atomic E-state index is 0.0278. The minimum atomic E-state index is -0.0278. The van der Waals surface area contributed by atoms with E-state index < -0.39 is 0 Å². The Morgan fingerprint density at radius 1 is 0.474 bits per heavy atom. The summed E-state index contributed by atoms with van der Waals surface area (Å²) in [7, 11) is 6.78. The van der Waals surface area contributed by atoms with Crippen LogP contribution in [0.2, 0.25) is 0 Å². The molecule has 0 rings (SSSR count). The minimum Gasteiger partial charge on any atom is -0.356 e. The largest absolute Gasteiger partial charge is 0.356 e. The highest BCUT2D eigenvalue weighted by molar-refractivity contribution is 4.50. The van der Waals surface area contributed by atoms with Crippen LogP contribution in [0.1, 0.15) is 57.8 Å². The van der Waals surface area contributed by atoms with Crippen molar-refractivity contribution in [2.45, 2.75) is 70.4 Å². The Labute approximate surface area is 118 Å². The van der Waals surface area contributed by atoms with Crippen LogP contribution < -0.4 is 0 Å². The molecule has 0 radical (unpaired) electrons. The highest BCUT2D eigenvalue weighted by Crippen LogP contribution is 2.13. The Morgan fingerprint density at radius 2 is 0.737 bits per heavy atom. The van der Waals surface area contributed by atoms with E-state index in [1.165, 1.54) is 44.9 Å². The van der Waals surface area contributed by atoms with E-state index >= 15 is 0 Å². The Kier molecular flexibility index (Phi) is 14.1. The molecule has 116 valence electrons. The van der Waals surface area contributed by atoms with Crippen molar-refractivity contribution in [1.29, 1.82) is 0 Å². The third-order valence-electron chi connectivity index (χ3n) is 3.43. The Bertz CT molecular complexity index is 150. The zero-order valence-electron chi connectivity index (χ0n) is 13.2. The van der Waals surface area contributed by atoms with Gasteiger partial charge in [0.2, 0.25) is 0 Å². The van der Waals surface area contributed by atoms with E-state index in [-0.39, 0.29) is 12.6 Å². The molecule has 0 aliphatic rings. The maximum atomic E-state index is 5.16. The van der Waals surface area contributed by atoms with Crippen molar-refractivity contribution in [3.8, 4) is 0 Å². The van der Waals surface area contributed by atoms with Crippen molar-refractivity contribution < 1.29 is 18.9 Å². The first-order chi connectivity index (χ1) is 9.28. The standard InChI is InChI=1S/C15H32O4/c1-16-14(17-2)12-10-8-6-5-7-9-11-13-15(18-3)19-4/h14-15H,5-13H2,1-4H3. The van der Waals surface area contributed by atoms with Gasteiger partial charge in [0.05, 0.1) is 0 Å². The average molecular weight is 276 g/mol. The maximum Gasteiger partial charge on any atom is 0.156 e. The molecule has 0 aromatic carbocycles. The fraction of sp³-hybridized carbons (Fsp3) is 1.00. The summed E-state index contributed by atoms with van der Waals surface area (Å²) < 4.78 is 20.6. The molecule has 0 spiro atoms. The van der Waals surface area contributed by atoms with E-state index in [0.29, 0.717) is 0 Å². The van der Waals surface area contributed by atoms with Crippen molar-refractivity contribution in [3.63, 3.8) is 0 Å². The van der Waals surface area contributed by atoms with Gasteiger partial charge in [-0.15, -0.1) is 0 Å². The molecule has 0 saturated heterocycles. The van der Waals surface area contributed by atoms with E-state index in [0.717, 1.165) is 12.8 Å². The highest BCUT2D eigenvalue weighted by Gasteiger charge is 2.04. The summed E-state index contributed by atoms with van der Waals surface area (Å²) >= 11 is 0. The summed E-state index contributed by atoms with van der Waals surface area (Å²) in [4.78, 5) is 0. The number of methoxy groups -OCH3 is 4. The summed E-state index contributed by atoms with van der Waals surface area (Å²) in [5.41, 5.74) is 0. The van der Waals surface area contributed by atoms with E-state index in [9.17, 15) is 0 Å². The molecule has 0 fully saturated rings. The number of hydrogen-bond acceptors (Lipinski definition) is 4. The second-order valence-electron chi connectivity index (χ2n) is 4.85. The van der Waals surface area contributed by atoms with Crippen LogP contribution in [0.15, 0.2) is 0 Å². The zero-order chi connectivity index (χ0) is 14.3. The molecule has 0 aliphatic heterocycles. The van der Waals surface area contributed by atoms with Crippen LogP contribution in [0.3, 0.4) is 0 Å². The Hall–Kier alpha value is -0.160. The van der Waals surface area contributed by atoms with E-state index in [4.69, 9.17) is 18.9 Å². The summed E-state index contributed by atoms with van der Waals surface area (Å²) in [6.45, 7) is 0. The number of ether oxygens (including phenoxy) is 4. The normalized spacial score (nSPS) is 11.7.